The van der Waals surface area contributed by atoms with E-state index in [0.717, 1.165) is 11.0 Å². The van der Waals surface area contributed by atoms with E-state index in [1.54, 1.807) is 0 Å². The average molecular weight is 225 g/mol. The number of carbonyl (C=O) groups excluding carboxylic acids is 1. The van der Waals surface area contributed by atoms with Gasteiger partial charge >= 0.3 is 0 Å². The highest BCUT2D eigenvalue weighted by Crippen LogP contribution is 2.12. The zero-order chi connectivity index (χ0) is 11.7. The number of benzene rings is 1. The van der Waals surface area contributed by atoms with Crippen LogP contribution in [0.3, 0.4) is 0 Å². The Morgan fingerprint density at radius 1 is 1.12 bits per heavy atom. The van der Waals surface area contributed by atoms with E-state index >= 15 is 0 Å². The van der Waals surface area contributed by atoms with Crippen LogP contribution in [-0.2, 0) is 0 Å². The molecule has 0 saturated carbocycles. The molecule has 3 aromatic rings. The van der Waals surface area contributed by atoms with E-state index in [0.29, 0.717) is 17.8 Å². The van der Waals surface area contributed by atoms with Gasteiger partial charge < -0.3 is 0 Å². The summed E-state index contributed by atoms with van der Waals surface area (Å²) in [6.07, 6.45) is 3.60. The maximum absolute atomic E-state index is 10.5. The first-order valence-corrected chi connectivity index (χ1v) is 4.96. The maximum Gasteiger partial charge on any atom is 0.252 e. The molecule has 3 rings (SSSR count). The van der Waals surface area contributed by atoms with Crippen molar-refractivity contribution in [3.8, 4) is 5.95 Å². The fourth-order valence-electron chi connectivity index (χ4n) is 1.52. The molecule has 17 heavy (non-hydrogen) atoms. The number of hydrogen-bond acceptors (Lipinski definition) is 5. The first kappa shape index (κ1) is 9.59. The van der Waals surface area contributed by atoms with E-state index in [4.69, 9.17) is 0 Å². The van der Waals surface area contributed by atoms with Crippen LogP contribution in [0, 0.1) is 0 Å². The van der Waals surface area contributed by atoms with Gasteiger partial charge in [0.15, 0.2) is 6.29 Å². The van der Waals surface area contributed by atoms with Crippen LogP contribution in [0.5, 0.6) is 0 Å². The van der Waals surface area contributed by atoms with Gasteiger partial charge in [0.2, 0.25) is 0 Å². The number of aldehydes is 1. The van der Waals surface area contributed by atoms with Crippen LogP contribution in [-0.4, -0.2) is 31.2 Å². The molecule has 2 aromatic heterocycles. The Hall–Kier alpha value is -2.63. The third kappa shape index (κ3) is 1.55. The van der Waals surface area contributed by atoms with Crippen molar-refractivity contribution in [2.45, 2.75) is 0 Å². The van der Waals surface area contributed by atoms with E-state index in [-0.39, 0.29) is 0 Å². The van der Waals surface area contributed by atoms with Crippen LogP contribution in [0.1, 0.15) is 10.4 Å². The molecular weight excluding hydrogens is 218 g/mol. The van der Waals surface area contributed by atoms with E-state index in [1.807, 2.05) is 24.3 Å². The highest BCUT2D eigenvalue weighted by molar-refractivity contribution is 5.75. The second-order valence-electron chi connectivity index (χ2n) is 3.42. The van der Waals surface area contributed by atoms with Crippen LogP contribution in [0.2, 0.25) is 0 Å². The SMILES string of the molecule is O=Cc1cnc(-n2nnc3ccccc32)nc1. The molecule has 0 N–H and O–H groups in total. The van der Waals surface area contributed by atoms with Crippen molar-refractivity contribution in [3.05, 3.63) is 42.2 Å². The van der Waals surface area contributed by atoms with Crippen molar-refractivity contribution < 1.29 is 4.79 Å². The molecule has 82 valence electrons. The molecule has 0 aliphatic heterocycles. The normalized spacial score (nSPS) is 10.6. The molecule has 0 aliphatic rings. The number of para-hydroxylation sites is 1. The van der Waals surface area contributed by atoms with Crippen molar-refractivity contribution in [2.75, 3.05) is 0 Å². The van der Waals surface area contributed by atoms with E-state index < -0.39 is 0 Å². The summed E-state index contributed by atoms with van der Waals surface area (Å²) in [6, 6.07) is 7.52. The number of rotatable bonds is 2. The van der Waals surface area contributed by atoms with Crippen molar-refractivity contribution in [2.24, 2.45) is 0 Å². The highest BCUT2D eigenvalue weighted by Gasteiger charge is 2.07. The lowest BCUT2D eigenvalue weighted by atomic mass is 10.3. The number of nitrogens with zero attached hydrogens (tertiary/aromatic N) is 5. The molecule has 1 aromatic carbocycles. The number of aromatic nitrogens is 5. The van der Waals surface area contributed by atoms with Gasteiger partial charge in [0.1, 0.15) is 5.52 Å². The molecular formula is C11H7N5O. The lowest BCUT2D eigenvalue weighted by Crippen LogP contribution is -2.03. The minimum Gasteiger partial charge on any atom is -0.298 e. The average Bonchev–Trinajstić information content (AvgIpc) is 2.83. The molecule has 2 heterocycles. The molecule has 0 radical (unpaired) electrons. The molecule has 0 aliphatic carbocycles. The quantitative estimate of drug-likeness (QED) is 0.609. The van der Waals surface area contributed by atoms with Crippen LogP contribution in [0.15, 0.2) is 36.7 Å². The number of carbonyl (C=O) groups is 1. The van der Waals surface area contributed by atoms with E-state index in [2.05, 4.69) is 20.3 Å². The minimum atomic E-state index is 0.393. The summed E-state index contributed by atoms with van der Waals surface area (Å²) in [7, 11) is 0. The second kappa shape index (κ2) is 3.75. The van der Waals surface area contributed by atoms with Crippen molar-refractivity contribution in [1.29, 1.82) is 0 Å². The molecule has 0 bridgehead atoms. The summed E-state index contributed by atoms with van der Waals surface area (Å²) in [6.45, 7) is 0. The molecule has 0 amide bonds. The van der Waals surface area contributed by atoms with Gasteiger partial charge in [-0.05, 0) is 12.1 Å². The zero-order valence-corrected chi connectivity index (χ0v) is 8.69. The van der Waals surface area contributed by atoms with Gasteiger partial charge in [0.05, 0.1) is 11.1 Å². The van der Waals surface area contributed by atoms with Crippen LogP contribution < -0.4 is 0 Å². The smallest absolute Gasteiger partial charge is 0.252 e. The van der Waals surface area contributed by atoms with E-state index in [1.165, 1.54) is 17.1 Å². The fraction of sp³-hybridized carbons (Fsp3) is 0. The van der Waals surface area contributed by atoms with Crippen molar-refractivity contribution >= 4 is 17.3 Å². The molecule has 0 spiro atoms. The Balaban J connectivity index is 2.16. The number of hydrogen-bond donors (Lipinski definition) is 0. The first-order valence-electron chi connectivity index (χ1n) is 4.96. The maximum atomic E-state index is 10.5. The van der Waals surface area contributed by atoms with Gasteiger partial charge in [0.25, 0.3) is 5.95 Å². The van der Waals surface area contributed by atoms with Gasteiger partial charge in [-0.2, -0.15) is 4.68 Å². The lowest BCUT2D eigenvalue weighted by Gasteiger charge is -1.99. The molecule has 0 atom stereocenters. The van der Waals surface area contributed by atoms with Gasteiger partial charge in [0, 0.05) is 12.4 Å². The Morgan fingerprint density at radius 2 is 1.88 bits per heavy atom. The third-order valence-corrected chi connectivity index (χ3v) is 2.34. The van der Waals surface area contributed by atoms with Gasteiger partial charge in [-0.1, -0.05) is 17.3 Å². The molecule has 0 saturated heterocycles. The predicted molar refractivity (Wildman–Crippen MR) is 59.8 cm³/mol. The standard InChI is InChI=1S/C11H7N5O/c17-7-8-5-12-11(13-6-8)16-10-4-2-1-3-9(10)14-15-16/h1-7H. The Kier molecular flexibility index (Phi) is 2.11. The summed E-state index contributed by atoms with van der Waals surface area (Å²) in [4.78, 5) is 18.6. The van der Waals surface area contributed by atoms with Gasteiger partial charge in [-0.3, -0.25) is 4.79 Å². The van der Waals surface area contributed by atoms with Crippen LogP contribution in [0.25, 0.3) is 17.0 Å². The third-order valence-electron chi connectivity index (χ3n) is 2.34. The van der Waals surface area contributed by atoms with Crippen molar-refractivity contribution in [1.82, 2.24) is 25.0 Å². The minimum absolute atomic E-state index is 0.393. The first-order chi connectivity index (χ1) is 8.38. The topological polar surface area (TPSA) is 73.6 Å². The highest BCUT2D eigenvalue weighted by atomic mass is 16.1. The largest absolute Gasteiger partial charge is 0.298 e. The summed E-state index contributed by atoms with van der Waals surface area (Å²) >= 11 is 0. The fourth-order valence-corrected chi connectivity index (χ4v) is 1.52. The molecule has 0 fully saturated rings. The van der Waals surface area contributed by atoms with Gasteiger partial charge in [-0.25, -0.2) is 9.97 Å². The Bertz CT molecular complexity index is 674. The van der Waals surface area contributed by atoms with Crippen LogP contribution >= 0.6 is 0 Å². The summed E-state index contributed by atoms with van der Waals surface area (Å²) in [5.41, 5.74) is 2.03. The summed E-state index contributed by atoms with van der Waals surface area (Å²) in [5.74, 6) is 0.393. The summed E-state index contributed by atoms with van der Waals surface area (Å²) < 4.78 is 1.53. The Morgan fingerprint density at radius 3 is 2.65 bits per heavy atom. The summed E-state index contributed by atoms with van der Waals surface area (Å²) in [5, 5.41) is 7.98. The second-order valence-corrected chi connectivity index (χ2v) is 3.42. The van der Waals surface area contributed by atoms with Crippen molar-refractivity contribution in [3.63, 3.8) is 0 Å². The van der Waals surface area contributed by atoms with E-state index in [9.17, 15) is 4.79 Å². The molecule has 6 heteroatoms. The molecule has 0 unspecified atom stereocenters. The van der Waals surface area contributed by atoms with Crippen LogP contribution in [0.4, 0.5) is 0 Å². The zero-order valence-electron chi connectivity index (χ0n) is 8.69. The predicted octanol–water partition coefficient (Wildman–Crippen LogP) is 1.02. The number of fused-ring (bicyclic) bond motifs is 1. The lowest BCUT2D eigenvalue weighted by molar-refractivity contribution is 0.112. The molecule has 6 nitrogen and oxygen atoms in total. The monoisotopic (exact) mass is 225 g/mol. The van der Waals surface area contributed by atoms with Gasteiger partial charge in [-0.15, -0.1) is 5.10 Å². The Labute approximate surface area is 95.9 Å².